The van der Waals surface area contributed by atoms with E-state index in [4.69, 9.17) is 0 Å². The van der Waals surface area contributed by atoms with Crippen molar-refractivity contribution in [2.45, 2.75) is 6.42 Å². The van der Waals surface area contributed by atoms with Crippen molar-refractivity contribution >= 4 is 31.6 Å². The molecule has 0 aliphatic carbocycles. The van der Waals surface area contributed by atoms with Crippen LogP contribution in [0, 0.1) is 0 Å². The van der Waals surface area contributed by atoms with E-state index >= 15 is 0 Å². The van der Waals surface area contributed by atoms with E-state index in [1.165, 1.54) is 10.6 Å². The third-order valence-corrected chi connectivity index (χ3v) is 3.78. The van der Waals surface area contributed by atoms with Crippen LogP contribution in [0.1, 0.15) is 5.56 Å². The summed E-state index contributed by atoms with van der Waals surface area (Å²) in [6.45, 7) is 0. The van der Waals surface area contributed by atoms with Gasteiger partial charge in [0.2, 0.25) is 10.0 Å². The highest BCUT2D eigenvalue weighted by Crippen LogP contribution is 2.22. The second-order valence-corrected chi connectivity index (χ2v) is 6.10. The average Bonchev–Trinajstić information content (AvgIpc) is 2.17. The predicted molar refractivity (Wildman–Crippen MR) is 67.2 cm³/mol. The van der Waals surface area contributed by atoms with Gasteiger partial charge in [-0.05, 0) is 18.1 Å². The number of anilines is 1. The zero-order chi connectivity index (χ0) is 11.5. The van der Waals surface area contributed by atoms with E-state index in [-0.39, 0.29) is 0 Å². The highest BCUT2D eigenvalue weighted by atomic mass is 79.9. The first-order chi connectivity index (χ1) is 6.96. The summed E-state index contributed by atoms with van der Waals surface area (Å²) in [4.78, 5) is 0. The minimum absolute atomic E-state index is 0.749. The number of aryl methyl sites for hydroxylation is 1. The molecule has 0 spiro atoms. The van der Waals surface area contributed by atoms with Gasteiger partial charge >= 0.3 is 0 Å². The topological polar surface area (TPSA) is 37.4 Å². The Hall–Kier alpha value is -0.550. The minimum Gasteiger partial charge on any atom is -0.273 e. The van der Waals surface area contributed by atoms with Crippen LogP contribution in [0.5, 0.6) is 0 Å². The number of hydrogen-bond acceptors (Lipinski definition) is 2. The maximum Gasteiger partial charge on any atom is 0.232 e. The van der Waals surface area contributed by atoms with Crippen LogP contribution >= 0.6 is 15.9 Å². The van der Waals surface area contributed by atoms with Crippen molar-refractivity contribution < 1.29 is 8.42 Å². The Morgan fingerprint density at radius 2 is 1.93 bits per heavy atom. The fourth-order valence-corrected chi connectivity index (χ4v) is 2.27. The Bertz CT molecular complexity index is 431. The van der Waals surface area contributed by atoms with Crippen LogP contribution < -0.4 is 4.31 Å². The van der Waals surface area contributed by atoms with Crippen LogP contribution in [0.3, 0.4) is 0 Å². The second-order valence-electron chi connectivity index (χ2n) is 3.30. The van der Waals surface area contributed by atoms with Gasteiger partial charge in [-0.15, -0.1) is 0 Å². The first kappa shape index (κ1) is 12.5. The highest BCUT2D eigenvalue weighted by molar-refractivity contribution is 9.09. The summed E-state index contributed by atoms with van der Waals surface area (Å²) in [5.41, 5.74) is 1.78. The molecule has 0 unspecified atom stereocenters. The van der Waals surface area contributed by atoms with Crippen molar-refractivity contribution in [3.05, 3.63) is 29.8 Å². The molecule has 0 radical (unpaired) electrons. The number of alkyl halides is 1. The molecular formula is C10H14BrNO2S. The predicted octanol–water partition coefficient (Wildman–Crippen LogP) is 2.02. The summed E-state index contributed by atoms with van der Waals surface area (Å²) in [6, 6.07) is 7.52. The van der Waals surface area contributed by atoms with E-state index in [9.17, 15) is 8.42 Å². The largest absolute Gasteiger partial charge is 0.273 e. The van der Waals surface area contributed by atoms with E-state index in [1.54, 1.807) is 7.05 Å². The summed E-state index contributed by atoms with van der Waals surface area (Å²) >= 11 is 3.35. The first-order valence-electron chi connectivity index (χ1n) is 4.54. The minimum atomic E-state index is -3.18. The lowest BCUT2D eigenvalue weighted by molar-refractivity contribution is 0.600. The average molecular weight is 292 g/mol. The number of halogens is 1. The van der Waals surface area contributed by atoms with E-state index in [1.807, 2.05) is 24.3 Å². The van der Waals surface area contributed by atoms with Crippen LogP contribution in [0.2, 0.25) is 0 Å². The van der Waals surface area contributed by atoms with Crippen molar-refractivity contribution in [2.24, 2.45) is 0 Å². The lowest BCUT2D eigenvalue weighted by atomic mass is 10.1. The smallest absolute Gasteiger partial charge is 0.232 e. The molecule has 1 aromatic carbocycles. The molecule has 15 heavy (non-hydrogen) atoms. The Morgan fingerprint density at radius 1 is 1.33 bits per heavy atom. The summed E-state index contributed by atoms with van der Waals surface area (Å²) in [5.74, 6) is 0. The van der Waals surface area contributed by atoms with E-state index < -0.39 is 10.0 Å². The van der Waals surface area contributed by atoms with Crippen LogP contribution in [-0.4, -0.2) is 27.1 Å². The van der Waals surface area contributed by atoms with Crippen LogP contribution in [0.25, 0.3) is 0 Å². The molecule has 1 rings (SSSR count). The van der Waals surface area contributed by atoms with Gasteiger partial charge in [-0.25, -0.2) is 8.42 Å². The van der Waals surface area contributed by atoms with Gasteiger partial charge in [0.25, 0.3) is 0 Å². The van der Waals surface area contributed by atoms with Crippen molar-refractivity contribution in [2.75, 3.05) is 22.9 Å². The standard InChI is InChI=1S/C10H14BrNO2S/c1-12(15(2,13)14)10-6-4-3-5-9(10)7-8-11/h3-6H,7-8H2,1-2H3. The van der Waals surface area contributed by atoms with E-state index in [0.29, 0.717) is 0 Å². The van der Waals surface area contributed by atoms with Crippen LogP contribution in [0.4, 0.5) is 5.69 Å². The zero-order valence-corrected chi connectivity index (χ0v) is 11.2. The van der Waals surface area contributed by atoms with Crippen molar-refractivity contribution in [1.82, 2.24) is 0 Å². The molecule has 0 saturated heterocycles. The van der Waals surface area contributed by atoms with Crippen LogP contribution in [0.15, 0.2) is 24.3 Å². The second kappa shape index (κ2) is 4.99. The summed E-state index contributed by atoms with van der Waals surface area (Å²) in [7, 11) is -1.61. The molecule has 0 atom stereocenters. The molecule has 0 heterocycles. The quantitative estimate of drug-likeness (QED) is 0.796. The van der Waals surface area contributed by atoms with Crippen molar-refractivity contribution in [3.63, 3.8) is 0 Å². The van der Waals surface area contributed by atoms with Crippen molar-refractivity contribution in [3.8, 4) is 0 Å². The first-order valence-corrected chi connectivity index (χ1v) is 7.51. The number of nitrogens with zero attached hydrogens (tertiary/aromatic N) is 1. The monoisotopic (exact) mass is 291 g/mol. The molecule has 0 aromatic heterocycles. The van der Waals surface area contributed by atoms with Gasteiger partial charge in [0, 0.05) is 12.4 Å². The summed E-state index contributed by atoms with van der Waals surface area (Å²) in [5, 5.41) is 0.821. The Morgan fingerprint density at radius 3 is 2.47 bits per heavy atom. The van der Waals surface area contributed by atoms with E-state index in [2.05, 4.69) is 15.9 Å². The summed E-state index contributed by atoms with van der Waals surface area (Å²) < 4.78 is 24.1. The summed E-state index contributed by atoms with van der Waals surface area (Å²) in [6.07, 6.45) is 2.02. The zero-order valence-electron chi connectivity index (χ0n) is 8.77. The number of para-hydroxylation sites is 1. The lowest BCUT2D eigenvalue weighted by Gasteiger charge is -2.19. The van der Waals surface area contributed by atoms with Crippen LogP contribution in [-0.2, 0) is 16.4 Å². The molecule has 5 heteroatoms. The molecular weight excluding hydrogens is 278 g/mol. The molecule has 0 N–H and O–H groups in total. The van der Waals surface area contributed by atoms with Crippen molar-refractivity contribution in [1.29, 1.82) is 0 Å². The van der Waals surface area contributed by atoms with Gasteiger partial charge < -0.3 is 0 Å². The number of rotatable bonds is 4. The van der Waals surface area contributed by atoms with Gasteiger partial charge in [0.15, 0.2) is 0 Å². The Balaban J connectivity index is 3.13. The van der Waals surface area contributed by atoms with E-state index in [0.717, 1.165) is 23.0 Å². The van der Waals surface area contributed by atoms with Gasteiger partial charge in [-0.1, -0.05) is 34.1 Å². The van der Waals surface area contributed by atoms with Gasteiger partial charge in [-0.3, -0.25) is 4.31 Å². The molecule has 0 amide bonds. The molecule has 0 saturated carbocycles. The number of hydrogen-bond donors (Lipinski definition) is 0. The van der Waals surface area contributed by atoms with Gasteiger partial charge in [0.1, 0.15) is 0 Å². The normalized spacial score (nSPS) is 11.4. The Labute approximate surface area is 99.3 Å². The number of sulfonamides is 1. The third kappa shape index (κ3) is 3.21. The number of benzene rings is 1. The fraction of sp³-hybridized carbons (Fsp3) is 0.400. The molecule has 0 aliphatic rings. The van der Waals surface area contributed by atoms with Gasteiger partial charge in [0.05, 0.1) is 11.9 Å². The lowest BCUT2D eigenvalue weighted by Crippen LogP contribution is -2.25. The molecule has 0 bridgehead atoms. The third-order valence-electron chi connectivity index (χ3n) is 2.19. The molecule has 3 nitrogen and oxygen atoms in total. The molecule has 1 aromatic rings. The molecule has 0 aliphatic heterocycles. The maximum absolute atomic E-state index is 11.4. The molecule has 84 valence electrons. The Kier molecular flexibility index (Phi) is 4.16. The maximum atomic E-state index is 11.4. The molecule has 0 fully saturated rings. The fourth-order valence-electron chi connectivity index (χ4n) is 1.31. The SMILES string of the molecule is CN(c1ccccc1CCBr)S(C)(=O)=O. The highest BCUT2D eigenvalue weighted by Gasteiger charge is 2.14. The van der Waals surface area contributed by atoms with Gasteiger partial charge in [-0.2, -0.15) is 0 Å².